The third kappa shape index (κ3) is 3.41. The van der Waals surface area contributed by atoms with E-state index in [-0.39, 0.29) is 11.9 Å². The topological polar surface area (TPSA) is 72.9 Å². The van der Waals surface area contributed by atoms with Crippen molar-refractivity contribution in [1.82, 2.24) is 15.1 Å². The average molecular weight is 270 g/mol. The summed E-state index contributed by atoms with van der Waals surface area (Å²) in [7, 11) is 1.75. The Morgan fingerprint density at radius 2 is 2.28 bits per heavy atom. The Hall–Kier alpha value is -1.17. The minimum atomic E-state index is -0.143. The summed E-state index contributed by atoms with van der Waals surface area (Å²) < 4.78 is 1.56. The van der Waals surface area contributed by atoms with E-state index in [4.69, 9.17) is 5.73 Å². The smallest absolute Gasteiger partial charge is 0.271 e. The average Bonchev–Trinajstić information content (AvgIpc) is 2.61. The van der Waals surface area contributed by atoms with Crippen molar-refractivity contribution >= 4 is 23.4 Å². The minimum absolute atomic E-state index is 0.143. The van der Waals surface area contributed by atoms with Crippen LogP contribution in [0.15, 0.2) is 0 Å². The molecule has 1 rings (SSSR count). The standard InChI is InChI=1S/C12H22N4OS/c1-5-9-10(13)11(16(3)15-9)12(17)14-8(2)6-7-18-4/h8H,5-7,13H2,1-4H3,(H,14,17). The van der Waals surface area contributed by atoms with Gasteiger partial charge in [-0.15, -0.1) is 0 Å². The summed E-state index contributed by atoms with van der Waals surface area (Å²) in [6, 6.07) is 0.143. The van der Waals surface area contributed by atoms with Crippen LogP contribution < -0.4 is 11.1 Å². The molecule has 0 aromatic carbocycles. The molecule has 1 aromatic rings. The van der Waals surface area contributed by atoms with Gasteiger partial charge in [-0.25, -0.2) is 0 Å². The number of carbonyl (C=O) groups excluding carboxylic acids is 1. The zero-order valence-corrected chi connectivity index (χ0v) is 12.3. The van der Waals surface area contributed by atoms with Gasteiger partial charge in [-0.05, 0) is 31.8 Å². The first kappa shape index (κ1) is 14.9. The van der Waals surface area contributed by atoms with E-state index in [1.165, 1.54) is 0 Å². The van der Waals surface area contributed by atoms with Crippen LogP contribution in [0.3, 0.4) is 0 Å². The number of nitrogen functional groups attached to an aromatic ring is 1. The van der Waals surface area contributed by atoms with Crippen molar-refractivity contribution in [1.29, 1.82) is 0 Å². The molecule has 0 radical (unpaired) electrons. The van der Waals surface area contributed by atoms with E-state index >= 15 is 0 Å². The number of carbonyl (C=O) groups is 1. The fraction of sp³-hybridized carbons (Fsp3) is 0.667. The largest absolute Gasteiger partial charge is 0.395 e. The molecule has 6 heteroatoms. The van der Waals surface area contributed by atoms with E-state index in [2.05, 4.69) is 16.7 Å². The molecule has 0 saturated heterocycles. The molecule has 1 amide bonds. The maximum Gasteiger partial charge on any atom is 0.271 e. The van der Waals surface area contributed by atoms with Crippen LogP contribution in [-0.2, 0) is 13.5 Å². The highest BCUT2D eigenvalue weighted by molar-refractivity contribution is 7.98. The molecule has 18 heavy (non-hydrogen) atoms. The molecular formula is C12H22N4OS. The van der Waals surface area contributed by atoms with Crippen LogP contribution in [0.1, 0.15) is 36.5 Å². The van der Waals surface area contributed by atoms with Crippen LogP contribution >= 0.6 is 11.8 Å². The van der Waals surface area contributed by atoms with Gasteiger partial charge in [-0.2, -0.15) is 16.9 Å². The molecule has 0 saturated carbocycles. The normalized spacial score (nSPS) is 12.4. The van der Waals surface area contributed by atoms with Gasteiger partial charge in [0.25, 0.3) is 5.91 Å². The van der Waals surface area contributed by atoms with Crippen molar-refractivity contribution in [3.05, 3.63) is 11.4 Å². The highest BCUT2D eigenvalue weighted by Crippen LogP contribution is 2.17. The number of aryl methyl sites for hydroxylation is 2. The van der Waals surface area contributed by atoms with Crippen molar-refractivity contribution in [3.63, 3.8) is 0 Å². The van der Waals surface area contributed by atoms with E-state index in [0.717, 1.165) is 24.3 Å². The van der Waals surface area contributed by atoms with Gasteiger partial charge >= 0.3 is 0 Å². The first-order valence-corrected chi connectivity index (χ1v) is 7.51. The SMILES string of the molecule is CCc1nn(C)c(C(=O)NC(C)CCSC)c1N. The molecule has 0 aliphatic heterocycles. The number of nitrogens with zero attached hydrogens (tertiary/aromatic N) is 2. The Labute approximate surface area is 112 Å². The fourth-order valence-electron chi connectivity index (χ4n) is 1.79. The van der Waals surface area contributed by atoms with E-state index in [0.29, 0.717) is 11.4 Å². The summed E-state index contributed by atoms with van der Waals surface area (Å²) in [6.45, 7) is 3.98. The predicted molar refractivity (Wildman–Crippen MR) is 76.9 cm³/mol. The van der Waals surface area contributed by atoms with Crippen LogP contribution in [0, 0.1) is 0 Å². The number of aromatic nitrogens is 2. The summed E-state index contributed by atoms with van der Waals surface area (Å²) in [5.41, 5.74) is 7.68. The third-order valence-corrected chi connectivity index (χ3v) is 3.49. The van der Waals surface area contributed by atoms with Crippen molar-refractivity contribution in [3.8, 4) is 0 Å². The van der Waals surface area contributed by atoms with Crippen LogP contribution in [0.4, 0.5) is 5.69 Å². The molecule has 1 unspecified atom stereocenters. The van der Waals surface area contributed by atoms with Gasteiger partial charge in [0.2, 0.25) is 0 Å². The van der Waals surface area contributed by atoms with Crippen LogP contribution in [0.5, 0.6) is 0 Å². The first-order chi connectivity index (χ1) is 8.51. The second-order valence-corrected chi connectivity index (χ2v) is 5.33. The number of anilines is 1. The first-order valence-electron chi connectivity index (χ1n) is 6.12. The van der Waals surface area contributed by atoms with Gasteiger partial charge in [-0.1, -0.05) is 6.92 Å². The van der Waals surface area contributed by atoms with E-state index < -0.39 is 0 Å². The summed E-state index contributed by atoms with van der Waals surface area (Å²) >= 11 is 1.77. The summed E-state index contributed by atoms with van der Waals surface area (Å²) in [6.07, 6.45) is 3.74. The lowest BCUT2D eigenvalue weighted by atomic mass is 10.2. The molecule has 5 nitrogen and oxygen atoms in total. The Morgan fingerprint density at radius 1 is 1.61 bits per heavy atom. The third-order valence-electron chi connectivity index (χ3n) is 2.84. The van der Waals surface area contributed by atoms with Gasteiger partial charge in [0, 0.05) is 13.1 Å². The summed E-state index contributed by atoms with van der Waals surface area (Å²) in [5, 5.41) is 7.20. The molecule has 0 aliphatic rings. The molecule has 3 N–H and O–H groups in total. The molecule has 0 spiro atoms. The second-order valence-electron chi connectivity index (χ2n) is 4.34. The van der Waals surface area contributed by atoms with E-state index in [1.807, 2.05) is 13.8 Å². The highest BCUT2D eigenvalue weighted by Gasteiger charge is 2.20. The Bertz CT molecular complexity index is 416. The zero-order valence-electron chi connectivity index (χ0n) is 11.5. The second kappa shape index (κ2) is 6.68. The quantitative estimate of drug-likeness (QED) is 0.820. The van der Waals surface area contributed by atoms with Crippen LogP contribution in [-0.4, -0.2) is 33.7 Å². The van der Waals surface area contributed by atoms with Gasteiger partial charge in [0.15, 0.2) is 0 Å². The molecular weight excluding hydrogens is 248 g/mol. The van der Waals surface area contributed by atoms with Gasteiger partial charge in [0.1, 0.15) is 5.69 Å². The molecule has 0 fully saturated rings. The number of rotatable bonds is 6. The molecule has 1 atom stereocenters. The van der Waals surface area contributed by atoms with Crippen LogP contribution in [0.25, 0.3) is 0 Å². The molecule has 0 bridgehead atoms. The lowest BCUT2D eigenvalue weighted by Crippen LogP contribution is -2.34. The molecule has 1 heterocycles. The molecule has 0 aliphatic carbocycles. The number of hydrogen-bond donors (Lipinski definition) is 2. The van der Waals surface area contributed by atoms with Crippen molar-refractivity contribution in [2.24, 2.45) is 7.05 Å². The highest BCUT2D eigenvalue weighted by atomic mass is 32.2. The number of thioether (sulfide) groups is 1. The Morgan fingerprint density at radius 3 is 2.78 bits per heavy atom. The number of nitrogens with one attached hydrogen (secondary N) is 1. The molecule has 102 valence electrons. The summed E-state index contributed by atoms with van der Waals surface area (Å²) in [5.74, 6) is 0.888. The zero-order chi connectivity index (χ0) is 13.7. The number of nitrogens with two attached hydrogens (primary N) is 1. The number of amides is 1. The van der Waals surface area contributed by atoms with Gasteiger partial charge in [0.05, 0.1) is 11.4 Å². The molecule has 1 aromatic heterocycles. The predicted octanol–water partition coefficient (Wildman–Crippen LogP) is 1.44. The van der Waals surface area contributed by atoms with Crippen molar-refractivity contribution < 1.29 is 4.79 Å². The van der Waals surface area contributed by atoms with Crippen LogP contribution in [0.2, 0.25) is 0 Å². The van der Waals surface area contributed by atoms with Crippen molar-refractivity contribution in [2.75, 3.05) is 17.7 Å². The lowest BCUT2D eigenvalue weighted by Gasteiger charge is -2.13. The lowest BCUT2D eigenvalue weighted by molar-refractivity contribution is 0.0931. The van der Waals surface area contributed by atoms with Crippen molar-refractivity contribution in [2.45, 2.75) is 32.7 Å². The van der Waals surface area contributed by atoms with Gasteiger partial charge in [-0.3, -0.25) is 9.48 Å². The minimum Gasteiger partial charge on any atom is -0.395 e. The Balaban J connectivity index is 2.75. The Kier molecular flexibility index (Phi) is 5.53. The monoisotopic (exact) mass is 270 g/mol. The number of hydrogen-bond acceptors (Lipinski definition) is 4. The maximum absolute atomic E-state index is 12.1. The van der Waals surface area contributed by atoms with E-state index in [1.54, 1.807) is 23.5 Å². The maximum atomic E-state index is 12.1. The van der Waals surface area contributed by atoms with Gasteiger partial charge < -0.3 is 11.1 Å². The van der Waals surface area contributed by atoms with E-state index in [9.17, 15) is 4.79 Å². The fourth-order valence-corrected chi connectivity index (χ4v) is 2.37. The summed E-state index contributed by atoms with van der Waals surface area (Å²) in [4.78, 5) is 12.1.